The largest absolute Gasteiger partial charge is 0.347 e. The van der Waals surface area contributed by atoms with E-state index in [0.717, 1.165) is 0 Å². The Kier molecular flexibility index (Phi) is 4.58. The average molecular weight is 298 g/mol. The average Bonchev–Trinajstić information content (AvgIpc) is 2.83. The Morgan fingerprint density at radius 3 is 2.10 bits per heavy atom. The maximum absolute atomic E-state index is 12.4. The second-order valence-electron chi connectivity index (χ2n) is 6.76. The van der Waals surface area contributed by atoms with Crippen molar-refractivity contribution in [2.45, 2.75) is 51.9 Å². The number of carbonyl (C=O) groups is 2. The zero-order valence-electron chi connectivity index (χ0n) is 13.5. The highest BCUT2D eigenvalue weighted by atomic mass is 16.7. The molecule has 120 valence electrons. The van der Waals surface area contributed by atoms with Gasteiger partial charge in [0.15, 0.2) is 5.79 Å². The second-order valence-corrected chi connectivity index (χ2v) is 6.76. The van der Waals surface area contributed by atoms with Gasteiger partial charge in [-0.15, -0.1) is 0 Å². The summed E-state index contributed by atoms with van der Waals surface area (Å²) in [6.45, 7) is 9.96. The van der Waals surface area contributed by atoms with Gasteiger partial charge in [-0.3, -0.25) is 9.59 Å². The highest BCUT2D eigenvalue weighted by Crippen LogP contribution is 2.31. The van der Waals surface area contributed by atoms with Gasteiger partial charge in [0, 0.05) is 38.4 Å². The van der Waals surface area contributed by atoms with Crippen LogP contribution in [0.4, 0.5) is 0 Å². The Morgan fingerprint density at radius 2 is 1.67 bits per heavy atom. The molecule has 0 aliphatic carbocycles. The number of likely N-dealkylation sites (tertiary alicyclic amines) is 1. The van der Waals surface area contributed by atoms with Gasteiger partial charge in [-0.2, -0.15) is 0 Å². The fourth-order valence-electron chi connectivity index (χ4n) is 2.94. The van der Waals surface area contributed by atoms with Crippen LogP contribution >= 0.6 is 0 Å². The van der Waals surface area contributed by atoms with Crippen LogP contribution in [0.15, 0.2) is 0 Å². The number of rotatable bonds is 2. The number of piperidine rings is 1. The molecule has 0 bridgehead atoms. The molecule has 2 amide bonds. The van der Waals surface area contributed by atoms with E-state index in [-0.39, 0.29) is 23.9 Å². The predicted molar refractivity (Wildman–Crippen MR) is 77.6 cm³/mol. The quantitative estimate of drug-likeness (QED) is 0.763. The van der Waals surface area contributed by atoms with Gasteiger partial charge in [0.25, 0.3) is 0 Å². The molecule has 0 aromatic heterocycles. The highest BCUT2D eigenvalue weighted by molar-refractivity contribution is 5.84. The van der Waals surface area contributed by atoms with Crippen LogP contribution in [0.3, 0.4) is 0 Å². The normalized spacial score (nSPS) is 21.6. The summed E-state index contributed by atoms with van der Waals surface area (Å²) in [5.41, 5.74) is -0.351. The van der Waals surface area contributed by atoms with Gasteiger partial charge in [0.2, 0.25) is 11.8 Å². The Morgan fingerprint density at radius 1 is 1.14 bits per heavy atom. The van der Waals surface area contributed by atoms with Crippen LogP contribution in [-0.4, -0.2) is 65.8 Å². The predicted octanol–water partition coefficient (Wildman–Crippen LogP) is 0.999. The molecule has 0 aromatic rings. The van der Waals surface area contributed by atoms with Crippen molar-refractivity contribution >= 4 is 11.8 Å². The van der Waals surface area contributed by atoms with Crippen LogP contribution in [0.25, 0.3) is 0 Å². The topological polar surface area (TPSA) is 59.1 Å². The smallest absolute Gasteiger partial charge is 0.242 e. The molecule has 6 heteroatoms. The van der Waals surface area contributed by atoms with Gasteiger partial charge < -0.3 is 19.3 Å². The third-order valence-electron chi connectivity index (χ3n) is 4.17. The highest BCUT2D eigenvalue weighted by Gasteiger charge is 2.41. The van der Waals surface area contributed by atoms with Crippen molar-refractivity contribution in [1.29, 1.82) is 0 Å². The van der Waals surface area contributed by atoms with Crippen molar-refractivity contribution in [3.63, 3.8) is 0 Å². The van der Waals surface area contributed by atoms with Crippen molar-refractivity contribution in [1.82, 2.24) is 9.80 Å². The molecule has 2 fully saturated rings. The lowest BCUT2D eigenvalue weighted by molar-refractivity contribution is -0.188. The summed E-state index contributed by atoms with van der Waals surface area (Å²) in [5.74, 6) is -0.555. The van der Waals surface area contributed by atoms with E-state index in [1.165, 1.54) is 6.92 Å². The summed E-state index contributed by atoms with van der Waals surface area (Å²) >= 11 is 0. The molecule has 21 heavy (non-hydrogen) atoms. The van der Waals surface area contributed by atoms with E-state index in [0.29, 0.717) is 39.1 Å². The van der Waals surface area contributed by atoms with Crippen LogP contribution in [0.5, 0.6) is 0 Å². The molecule has 6 nitrogen and oxygen atoms in total. The standard InChI is InChI=1S/C15H26N2O4/c1-12(18)17(14(2,3)4)11-13(19)16-7-5-15(6-8-16)20-9-10-21-15/h5-11H2,1-4H3. The van der Waals surface area contributed by atoms with Gasteiger partial charge in [-0.25, -0.2) is 0 Å². The molecule has 0 radical (unpaired) electrons. The van der Waals surface area contributed by atoms with Crippen LogP contribution in [-0.2, 0) is 19.1 Å². The summed E-state index contributed by atoms with van der Waals surface area (Å²) in [6, 6.07) is 0. The van der Waals surface area contributed by atoms with E-state index in [1.807, 2.05) is 20.8 Å². The molecule has 2 saturated heterocycles. The molecule has 2 rings (SSSR count). The van der Waals surface area contributed by atoms with Crippen molar-refractivity contribution in [3.8, 4) is 0 Å². The van der Waals surface area contributed by atoms with Crippen LogP contribution in [0.1, 0.15) is 40.5 Å². The van der Waals surface area contributed by atoms with Gasteiger partial charge in [0.1, 0.15) is 6.54 Å². The number of ether oxygens (including phenoxy) is 2. The molecule has 0 saturated carbocycles. The van der Waals surface area contributed by atoms with E-state index in [2.05, 4.69) is 0 Å². The van der Waals surface area contributed by atoms with E-state index < -0.39 is 5.79 Å². The molecule has 2 heterocycles. The zero-order valence-corrected chi connectivity index (χ0v) is 13.5. The minimum atomic E-state index is -0.471. The fraction of sp³-hybridized carbons (Fsp3) is 0.867. The first kappa shape index (κ1) is 16.2. The number of carbonyl (C=O) groups excluding carboxylic acids is 2. The van der Waals surface area contributed by atoms with Gasteiger partial charge in [-0.05, 0) is 20.8 Å². The number of nitrogens with zero attached hydrogens (tertiary/aromatic N) is 2. The summed E-state index contributed by atoms with van der Waals surface area (Å²) in [7, 11) is 0. The van der Waals surface area contributed by atoms with Crippen LogP contribution < -0.4 is 0 Å². The molecule has 1 spiro atoms. The maximum Gasteiger partial charge on any atom is 0.242 e. The summed E-state index contributed by atoms with van der Waals surface area (Å²) in [4.78, 5) is 27.6. The third-order valence-corrected chi connectivity index (χ3v) is 4.17. The first-order valence-corrected chi connectivity index (χ1v) is 7.57. The molecule has 0 unspecified atom stereocenters. The lowest BCUT2D eigenvalue weighted by Gasteiger charge is -2.40. The van der Waals surface area contributed by atoms with Gasteiger partial charge >= 0.3 is 0 Å². The Labute approximate surface area is 126 Å². The van der Waals surface area contributed by atoms with Crippen molar-refractivity contribution < 1.29 is 19.1 Å². The van der Waals surface area contributed by atoms with Crippen molar-refractivity contribution in [2.24, 2.45) is 0 Å². The number of hydrogen-bond donors (Lipinski definition) is 0. The zero-order chi connectivity index (χ0) is 15.7. The van der Waals surface area contributed by atoms with Crippen molar-refractivity contribution in [2.75, 3.05) is 32.8 Å². The third kappa shape index (κ3) is 3.74. The first-order chi connectivity index (χ1) is 9.73. The van der Waals surface area contributed by atoms with Gasteiger partial charge in [-0.1, -0.05) is 0 Å². The Balaban J connectivity index is 1.91. The molecule has 0 atom stereocenters. The molecule has 2 aliphatic rings. The summed E-state index contributed by atoms with van der Waals surface area (Å²) in [5, 5.41) is 0. The number of amides is 2. The molecule has 0 N–H and O–H groups in total. The monoisotopic (exact) mass is 298 g/mol. The van der Waals surface area contributed by atoms with E-state index >= 15 is 0 Å². The molecular formula is C15H26N2O4. The van der Waals surface area contributed by atoms with E-state index in [1.54, 1.807) is 9.80 Å². The molecule has 0 aromatic carbocycles. The number of hydrogen-bond acceptors (Lipinski definition) is 4. The van der Waals surface area contributed by atoms with Gasteiger partial charge in [0.05, 0.1) is 13.2 Å². The van der Waals surface area contributed by atoms with E-state index in [9.17, 15) is 9.59 Å². The maximum atomic E-state index is 12.4. The van der Waals surface area contributed by atoms with Crippen LogP contribution in [0, 0.1) is 0 Å². The van der Waals surface area contributed by atoms with E-state index in [4.69, 9.17) is 9.47 Å². The molecule has 2 aliphatic heterocycles. The minimum absolute atomic E-state index is 0.00651. The van der Waals surface area contributed by atoms with Crippen molar-refractivity contribution in [3.05, 3.63) is 0 Å². The summed E-state index contributed by atoms with van der Waals surface area (Å²) < 4.78 is 11.3. The lowest BCUT2D eigenvalue weighted by atomic mass is 10.0. The lowest BCUT2D eigenvalue weighted by Crippen LogP contribution is -2.53. The minimum Gasteiger partial charge on any atom is -0.347 e. The molecular weight excluding hydrogens is 272 g/mol. The van der Waals surface area contributed by atoms with Crippen LogP contribution in [0.2, 0.25) is 0 Å². The fourth-order valence-corrected chi connectivity index (χ4v) is 2.94. The first-order valence-electron chi connectivity index (χ1n) is 7.57. The SMILES string of the molecule is CC(=O)N(CC(=O)N1CCC2(CC1)OCCO2)C(C)(C)C. The Hall–Kier alpha value is -1.14. The summed E-state index contributed by atoms with van der Waals surface area (Å²) in [6.07, 6.45) is 1.41. The Bertz CT molecular complexity index is 400. The second kappa shape index (κ2) is 5.93.